The highest BCUT2D eigenvalue weighted by molar-refractivity contribution is 6.32. The van der Waals surface area contributed by atoms with Gasteiger partial charge >= 0.3 is 0 Å². The number of amides is 1. The summed E-state index contributed by atoms with van der Waals surface area (Å²) >= 11 is 6.11. The predicted octanol–water partition coefficient (Wildman–Crippen LogP) is 3.96. The molecule has 0 saturated carbocycles. The number of halogens is 1. The van der Waals surface area contributed by atoms with Crippen LogP contribution >= 0.6 is 11.6 Å². The van der Waals surface area contributed by atoms with Gasteiger partial charge in [0, 0.05) is 32.7 Å². The zero-order valence-electron chi connectivity index (χ0n) is 15.6. The second-order valence-electron chi connectivity index (χ2n) is 6.63. The summed E-state index contributed by atoms with van der Waals surface area (Å²) in [5.41, 5.74) is 1.21. The van der Waals surface area contributed by atoms with Crippen molar-refractivity contribution >= 4 is 23.6 Å². The highest BCUT2D eigenvalue weighted by Crippen LogP contribution is 2.24. The molecule has 4 nitrogen and oxygen atoms in total. The third-order valence-corrected chi connectivity index (χ3v) is 4.96. The largest absolute Gasteiger partial charge is 0.479 e. The molecular formula is C22H25ClN2O2. The Morgan fingerprint density at radius 3 is 2.44 bits per heavy atom. The quantitative estimate of drug-likeness (QED) is 0.755. The second-order valence-corrected chi connectivity index (χ2v) is 7.04. The van der Waals surface area contributed by atoms with Crippen LogP contribution in [0.1, 0.15) is 12.5 Å². The smallest absolute Gasteiger partial charge is 0.263 e. The van der Waals surface area contributed by atoms with E-state index in [0.717, 1.165) is 19.6 Å². The van der Waals surface area contributed by atoms with E-state index in [4.69, 9.17) is 16.3 Å². The van der Waals surface area contributed by atoms with E-state index in [1.807, 2.05) is 35.2 Å². The Morgan fingerprint density at radius 2 is 1.74 bits per heavy atom. The molecule has 0 aliphatic carbocycles. The zero-order chi connectivity index (χ0) is 19.1. The molecule has 1 amide bonds. The van der Waals surface area contributed by atoms with Crippen molar-refractivity contribution in [1.82, 2.24) is 9.80 Å². The molecule has 0 unspecified atom stereocenters. The standard InChI is InChI=1S/C22H25ClN2O2/c1-18(27-21-12-6-5-11-20(21)23)22(26)25-16-14-24(15-17-25)13-7-10-19-8-3-2-4-9-19/h2-12,18H,13-17H2,1H3/b10-7+/t18-/m0/s1. The Kier molecular flexibility index (Phi) is 6.91. The average Bonchev–Trinajstić information content (AvgIpc) is 2.70. The first-order valence-electron chi connectivity index (χ1n) is 9.27. The van der Waals surface area contributed by atoms with Gasteiger partial charge in [-0.3, -0.25) is 9.69 Å². The molecule has 0 N–H and O–H groups in total. The average molecular weight is 385 g/mol. The first kappa shape index (κ1) is 19.5. The van der Waals surface area contributed by atoms with Crippen LogP contribution in [0.25, 0.3) is 6.08 Å². The Labute approximate surface area is 166 Å². The maximum absolute atomic E-state index is 12.6. The van der Waals surface area contributed by atoms with Crippen LogP contribution in [0.5, 0.6) is 5.75 Å². The number of nitrogens with zero attached hydrogens (tertiary/aromatic N) is 2. The van der Waals surface area contributed by atoms with Crippen molar-refractivity contribution in [2.75, 3.05) is 32.7 Å². The summed E-state index contributed by atoms with van der Waals surface area (Å²) in [6.45, 7) is 5.83. The third-order valence-electron chi connectivity index (χ3n) is 4.65. The normalized spacial score (nSPS) is 16.4. The fourth-order valence-corrected chi connectivity index (χ4v) is 3.27. The lowest BCUT2D eigenvalue weighted by atomic mass is 10.2. The maximum Gasteiger partial charge on any atom is 0.263 e. The van der Waals surface area contributed by atoms with Gasteiger partial charge in [-0.05, 0) is 24.6 Å². The molecule has 27 heavy (non-hydrogen) atoms. The molecule has 1 fully saturated rings. The lowest BCUT2D eigenvalue weighted by Gasteiger charge is -2.35. The number of piperazine rings is 1. The number of rotatable bonds is 6. The molecule has 1 aliphatic rings. The topological polar surface area (TPSA) is 32.8 Å². The van der Waals surface area contributed by atoms with Gasteiger partial charge in [0.2, 0.25) is 0 Å². The molecule has 1 heterocycles. The summed E-state index contributed by atoms with van der Waals surface area (Å²) in [6.07, 6.45) is 3.77. The Bertz CT molecular complexity index is 771. The van der Waals surface area contributed by atoms with Crippen LogP contribution in [0, 0.1) is 0 Å². The minimum atomic E-state index is -0.547. The van der Waals surface area contributed by atoms with Crippen molar-refractivity contribution < 1.29 is 9.53 Å². The fourth-order valence-electron chi connectivity index (χ4n) is 3.09. The van der Waals surface area contributed by atoms with Gasteiger partial charge in [0.1, 0.15) is 5.75 Å². The van der Waals surface area contributed by atoms with Gasteiger partial charge in [0.05, 0.1) is 5.02 Å². The highest BCUT2D eigenvalue weighted by Gasteiger charge is 2.26. The molecule has 1 saturated heterocycles. The van der Waals surface area contributed by atoms with Gasteiger partial charge in [-0.2, -0.15) is 0 Å². The first-order chi connectivity index (χ1) is 13.1. The minimum absolute atomic E-state index is 0.00870. The lowest BCUT2D eigenvalue weighted by Crippen LogP contribution is -2.51. The number of hydrogen-bond donors (Lipinski definition) is 0. The van der Waals surface area contributed by atoms with Crippen molar-refractivity contribution in [3.8, 4) is 5.75 Å². The van der Waals surface area contributed by atoms with E-state index in [2.05, 4.69) is 29.2 Å². The van der Waals surface area contributed by atoms with E-state index in [0.29, 0.717) is 23.9 Å². The van der Waals surface area contributed by atoms with Crippen molar-refractivity contribution in [1.29, 1.82) is 0 Å². The lowest BCUT2D eigenvalue weighted by molar-refractivity contribution is -0.139. The second kappa shape index (κ2) is 9.58. The van der Waals surface area contributed by atoms with Crippen LogP contribution in [0.2, 0.25) is 5.02 Å². The SMILES string of the molecule is C[C@H](Oc1ccccc1Cl)C(=O)N1CCN(C/C=C/c2ccccc2)CC1. The van der Waals surface area contributed by atoms with Gasteiger partial charge in [-0.15, -0.1) is 0 Å². The Morgan fingerprint density at radius 1 is 1.07 bits per heavy atom. The van der Waals surface area contributed by atoms with Crippen molar-refractivity contribution in [2.24, 2.45) is 0 Å². The zero-order valence-corrected chi connectivity index (χ0v) is 16.3. The number of ether oxygens (including phenoxy) is 1. The summed E-state index contributed by atoms with van der Waals surface area (Å²) in [6, 6.07) is 17.5. The third kappa shape index (κ3) is 5.59. The van der Waals surface area contributed by atoms with E-state index < -0.39 is 6.10 Å². The fraction of sp³-hybridized carbons (Fsp3) is 0.318. The molecule has 0 bridgehead atoms. The van der Waals surface area contributed by atoms with Crippen molar-refractivity contribution in [3.63, 3.8) is 0 Å². The summed E-state index contributed by atoms with van der Waals surface area (Å²) < 4.78 is 5.75. The molecule has 2 aromatic carbocycles. The Balaban J connectivity index is 1.45. The molecule has 142 valence electrons. The summed E-state index contributed by atoms with van der Waals surface area (Å²) in [5, 5.41) is 0.521. The maximum atomic E-state index is 12.6. The molecule has 1 aliphatic heterocycles. The van der Waals surface area contributed by atoms with E-state index in [-0.39, 0.29) is 5.91 Å². The van der Waals surface area contributed by atoms with Gasteiger partial charge in [0.25, 0.3) is 5.91 Å². The van der Waals surface area contributed by atoms with Crippen LogP contribution in [-0.2, 0) is 4.79 Å². The molecular weight excluding hydrogens is 360 g/mol. The van der Waals surface area contributed by atoms with Crippen LogP contribution in [0.3, 0.4) is 0 Å². The summed E-state index contributed by atoms with van der Waals surface area (Å²) in [7, 11) is 0. The molecule has 3 rings (SSSR count). The van der Waals surface area contributed by atoms with Crippen molar-refractivity contribution in [3.05, 3.63) is 71.3 Å². The number of carbonyl (C=O) groups excluding carboxylic acids is 1. The molecule has 5 heteroatoms. The van der Waals surface area contributed by atoms with Crippen molar-refractivity contribution in [2.45, 2.75) is 13.0 Å². The Hall–Kier alpha value is -2.30. The summed E-state index contributed by atoms with van der Waals surface area (Å²) in [4.78, 5) is 16.9. The number of para-hydroxylation sites is 1. The van der Waals surface area contributed by atoms with E-state index in [9.17, 15) is 4.79 Å². The molecule has 0 radical (unpaired) electrons. The van der Waals surface area contributed by atoms with E-state index >= 15 is 0 Å². The van der Waals surface area contributed by atoms with Gasteiger partial charge < -0.3 is 9.64 Å². The van der Waals surface area contributed by atoms with Crippen LogP contribution in [0.15, 0.2) is 60.7 Å². The summed E-state index contributed by atoms with van der Waals surface area (Å²) in [5.74, 6) is 0.555. The number of carbonyl (C=O) groups is 1. The minimum Gasteiger partial charge on any atom is -0.479 e. The van der Waals surface area contributed by atoms with E-state index in [1.165, 1.54) is 5.56 Å². The molecule has 1 atom stereocenters. The molecule has 0 aromatic heterocycles. The van der Waals surface area contributed by atoms with Gasteiger partial charge in [0.15, 0.2) is 6.10 Å². The van der Waals surface area contributed by atoms with Crippen LogP contribution < -0.4 is 4.74 Å². The number of hydrogen-bond acceptors (Lipinski definition) is 3. The monoisotopic (exact) mass is 384 g/mol. The van der Waals surface area contributed by atoms with E-state index in [1.54, 1.807) is 19.1 Å². The highest BCUT2D eigenvalue weighted by atomic mass is 35.5. The predicted molar refractivity (Wildman–Crippen MR) is 110 cm³/mol. The molecule has 0 spiro atoms. The van der Waals surface area contributed by atoms with Crippen LogP contribution in [0.4, 0.5) is 0 Å². The van der Waals surface area contributed by atoms with Gasteiger partial charge in [-0.1, -0.05) is 66.2 Å². The van der Waals surface area contributed by atoms with Crippen LogP contribution in [-0.4, -0.2) is 54.5 Å². The van der Waals surface area contributed by atoms with Gasteiger partial charge in [-0.25, -0.2) is 0 Å². The molecule has 2 aromatic rings. The first-order valence-corrected chi connectivity index (χ1v) is 9.65. The number of benzene rings is 2.